The summed E-state index contributed by atoms with van der Waals surface area (Å²) in [6, 6.07) is -0.713. The summed E-state index contributed by atoms with van der Waals surface area (Å²) >= 11 is 0. The van der Waals surface area contributed by atoms with E-state index in [1.807, 2.05) is 0 Å². The molecule has 0 aromatic rings. The van der Waals surface area contributed by atoms with Crippen LogP contribution >= 0.6 is 0 Å². The van der Waals surface area contributed by atoms with Crippen LogP contribution in [-0.2, 0) is 14.4 Å². The molecule has 0 heterocycles. The maximum atomic E-state index is 11.4. The number of nitrogens with one attached hydrogen (secondary N) is 2. The van der Waals surface area contributed by atoms with Crippen molar-refractivity contribution in [1.29, 1.82) is 0 Å². The van der Waals surface area contributed by atoms with Crippen LogP contribution in [0.3, 0.4) is 0 Å². The molecule has 6 nitrogen and oxygen atoms in total. The lowest BCUT2D eigenvalue weighted by Gasteiger charge is -2.14. The highest BCUT2D eigenvalue weighted by Crippen LogP contribution is 1.86. The number of carboxylic acid groups (broad SMARTS) is 1. The van der Waals surface area contributed by atoms with Crippen molar-refractivity contribution in [2.75, 3.05) is 0 Å². The summed E-state index contributed by atoms with van der Waals surface area (Å²) in [6.07, 6.45) is 1.57. The smallest absolute Gasteiger partial charge is 0.328 e. The number of rotatable bonds is 5. The van der Waals surface area contributed by atoms with Crippen molar-refractivity contribution in [2.24, 2.45) is 0 Å². The van der Waals surface area contributed by atoms with Gasteiger partial charge in [0.25, 0.3) is 0 Å². The first kappa shape index (κ1) is 14.2. The fourth-order valence-electron chi connectivity index (χ4n) is 0.884. The molecule has 0 bridgehead atoms. The lowest BCUT2D eigenvalue weighted by Crippen LogP contribution is -2.46. The van der Waals surface area contributed by atoms with E-state index in [0.29, 0.717) is 6.08 Å². The lowest BCUT2D eigenvalue weighted by atomic mass is 10.2. The number of hydrogen-bond donors (Lipinski definition) is 3. The average Bonchev–Trinajstić information content (AvgIpc) is 2.13. The van der Waals surface area contributed by atoms with Gasteiger partial charge in [-0.2, -0.15) is 0 Å². The van der Waals surface area contributed by atoms with Crippen molar-refractivity contribution in [2.45, 2.75) is 32.9 Å². The Labute approximate surface area is 93.7 Å². The molecule has 0 aliphatic rings. The molecule has 0 saturated carbocycles. The van der Waals surface area contributed by atoms with Gasteiger partial charge in [0.2, 0.25) is 11.8 Å². The van der Waals surface area contributed by atoms with Crippen LogP contribution in [-0.4, -0.2) is 35.0 Å². The number of carbonyl (C=O) groups excluding carboxylic acids is 2. The Kier molecular flexibility index (Phi) is 5.84. The normalized spacial score (nSPS) is 12.5. The summed E-state index contributed by atoms with van der Waals surface area (Å²) < 4.78 is 0. The van der Waals surface area contributed by atoms with Crippen molar-refractivity contribution < 1.29 is 19.5 Å². The highest BCUT2D eigenvalue weighted by molar-refractivity contribution is 5.96. The SMILES string of the molecule is CC(C)NC(=O)C(C)NC(=O)/C=C/C(=O)O. The molecule has 0 rings (SSSR count). The molecular weight excluding hydrogens is 212 g/mol. The Morgan fingerprint density at radius 3 is 2.06 bits per heavy atom. The molecule has 3 N–H and O–H groups in total. The van der Waals surface area contributed by atoms with Gasteiger partial charge in [0, 0.05) is 18.2 Å². The molecule has 0 saturated heterocycles. The van der Waals surface area contributed by atoms with E-state index >= 15 is 0 Å². The van der Waals surface area contributed by atoms with E-state index in [9.17, 15) is 14.4 Å². The van der Waals surface area contributed by atoms with Gasteiger partial charge in [0.1, 0.15) is 6.04 Å². The van der Waals surface area contributed by atoms with E-state index in [1.165, 1.54) is 6.92 Å². The summed E-state index contributed by atoms with van der Waals surface area (Å²) in [7, 11) is 0. The Bertz CT molecular complexity index is 310. The Morgan fingerprint density at radius 1 is 1.06 bits per heavy atom. The molecule has 16 heavy (non-hydrogen) atoms. The van der Waals surface area contributed by atoms with Gasteiger partial charge in [-0.1, -0.05) is 0 Å². The fourth-order valence-corrected chi connectivity index (χ4v) is 0.884. The van der Waals surface area contributed by atoms with Crippen molar-refractivity contribution >= 4 is 17.8 Å². The third-order valence-corrected chi connectivity index (χ3v) is 1.56. The van der Waals surface area contributed by atoms with Gasteiger partial charge >= 0.3 is 5.97 Å². The van der Waals surface area contributed by atoms with E-state index in [4.69, 9.17) is 5.11 Å². The molecule has 1 atom stereocenters. The molecule has 0 aliphatic heterocycles. The van der Waals surface area contributed by atoms with Crippen molar-refractivity contribution in [1.82, 2.24) is 10.6 Å². The molecule has 0 radical (unpaired) electrons. The standard InChI is InChI=1S/C10H16N2O4/c1-6(2)11-10(16)7(3)12-8(13)4-5-9(14)15/h4-7H,1-3H3,(H,11,16)(H,12,13)(H,14,15)/b5-4+. The molecule has 90 valence electrons. The fraction of sp³-hybridized carbons (Fsp3) is 0.500. The summed E-state index contributed by atoms with van der Waals surface area (Å²) in [5, 5.41) is 13.2. The summed E-state index contributed by atoms with van der Waals surface area (Å²) in [4.78, 5) is 32.6. The van der Waals surface area contributed by atoms with E-state index < -0.39 is 17.9 Å². The molecule has 0 spiro atoms. The van der Waals surface area contributed by atoms with E-state index in [2.05, 4.69) is 10.6 Å². The molecule has 6 heteroatoms. The minimum Gasteiger partial charge on any atom is -0.478 e. The number of hydrogen-bond acceptors (Lipinski definition) is 3. The second-order valence-corrected chi connectivity index (χ2v) is 3.57. The monoisotopic (exact) mass is 228 g/mol. The zero-order chi connectivity index (χ0) is 12.7. The summed E-state index contributed by atoms with van der Waals surface area (Å²) in [6.45, 7) is 5.12. The molecule has 0 aromatic heterocycles. The molecular formula is C10H16N2O4. The topological polar surface area (TPSA) is 95.5 Å². The number of carboxylic acids is 1. The Morgan fingerprint density at radius 2 is 1.62 bits per heavy atom. The summed E-state index contributed by atoms with van der Waals surface area (Å²) in [5.74, 6) is -2.14. The van der Waals surface area contributed by atoms with Crippen molar-refractivity contribution in [3.63, 3.8) is 0 Å². The predicted octanol–water partition coefficient (Wildman–Crippen LogP) is -0.343. The van der Waals surface area contributed by atoms with Crippen LogP contribution in [0.1, 0.15) is 20.8 Å². The predicted molar refractivity (Wildman–Crippen MR) is 57.7 cm³/mol. The van der Waals surface area contributed by atoms with Crippen LogP contribution in [0.5, 0.6) is 0 Å². The number of carbonyl (C=O) groups is 3. The average molecular weight is 228 g/mol. The zero-order valence-corrected chi connectivity index (χ0v) is 9.48. The first-order valence-corrected chi connectivity index (χ1v) is 4.84. The van der Waals surface area contributed by atoms with Crippen LogP contribution in [0.15, 0.2) is 12.2 Å². The van der Waals surface area contributed by atoms with Gasteiger partial charge < -0.3 is 15.7 Å². The minimum atomic E-state index is -1.21. The van der Waals surface area contributed by atoms with Crippen molar-refractivity contribution in [3.8, 4) is 0 Å². The van der Waals surface area contributed by atoms with Gasteiger partial charge in [-0.3, -0.25) is 9.59 Å². The van der Waals surface area contributed by atoms with Crippen LogP contribution in [0.25, 0.3) is 0 Å². The van der Waals surface area contributed by atoms with Gasteiger partial charge in [0.05, 0.1) is 0 Å². The third-order valence-electron chi connectivity index (χ3n) is 1.56. The quantitative estimate of drug-likeness (QED) is 0.561. The second-order valence-electron chi connectivity index (χ2n) is 3.57. The third kappa shape index (κ3) is 6.58. The number of aliphatic carboxylic acids is 1. The first-order valence-electron chi connectivity index (χ1n) is 4.84. The van der Waals surface area contributed by atoms with Crippen LogP contribution in [0.2, 0.25) is 0 Å². The first-order chi connectivity index (χ1) is 7.32. The van der Waals surface area contributed by atoms with Gasteiger partial charge in [-0.05, 0) is 20.8 Å². The highest BCUT2D eigenvalue weighted by Gasteiger charge is 2.14. The van der Waals surface area contributed by atoms with Crippen LogP contribution in [0.4, 0.5) is 0 Å². The Balaban J connectivity index is 4.14. The van der Waals surface area contributed by atoms with Gasteiger partial charge in [0.15, 0.2) is 0 Å². The molecule has 0 aromatic carbocycles. The van der Waals surface area contributed by atoms with E-state index in [0.717, 1.165) is 6.08 Å². The second kappa shape index (κ2) is 6.60. The van der Waals surface area contributed by atoms with Crippen LogP contribution in [0, 0.1) is 0 Å². The molecule has 2 amide bonds. The highest BCUT2D eigenvalue weighted by atomic mass is 16.4. The van der Waals surface area contributed by atoms with Crippen molar-refractivity contribution in [3.05, 3.63) is 12.2 Å². The largest absolute Gasteiger partial charge is 0.478 e. The Hall–Kier alpha value is -1.85. The van der Waals surface area contributed by atoms with Crippen LogP contribution < -0.4 is 10.6 Å². The maximum Gasteiger partial charge on any atom is 0.328 e. The number of amides is 2. The molecule has 0 fully saturated rings. The van der Waals surface area contributed by atoms with Gasteiger partial charge in [-0.25, -0.2) is 4.79 Å². The minimum absolute atomic E-state index is 0.0126. The summed E-state index contributed by atoms with van der Waals surface area (Å²) in [5.41, 5.74) is 0. The van der Waals surface area contributed by atoms with E-state index in [1.54, 1.807) is 13.8 Å². The maximum absolute atomic E-state index is 11.4. The van der Waals surface area contributed by atoms with E-state index in [-0.39, 0.29) is 11.9 Å². The zero-order valence-electron chi connectivity index (χ0n) is 9.48. The lowest BCUT2D eigenvalue weighted by molar-refractivity contribution is -0.131. The molecule has 1 unspecified atom stereocenters. The van der Waals surface area contributed by atoms with Gasteiger partial charge in [-0.15, -0.1) is 0 Å². The molecule has 0 aliphatic carbocycles.